The minimum atomic E-state index is 0.663. The van der Waals surface area contributed by atoms with E-state index < -0.39 is 0 Å². The molecule has 0 atom stereocenters. The van der Waals surface area contributed by atoms with Gasteiger partial charge in [-0.25, -0.2) is 9.66 Å². The molecule has 3 heterocycles. The van der Waals surface area contributed by atoms with Gasteiger partial charge in [-0.3, -0.25) is 0 Å². The number of nitrogens with zero attached hydrogens (tertiary/aromatic N) is 4. The van der Waals surface area contributed by atoms with E-state index in [2.05, 4.69) is 20.5 Å². The highest BCUT2D eigenvalue weighted by atomic mass is 32.2. The average Bonchev–Trinajstić information content (AvgIpc) is 3.42. The second-order valence-corrected chi connectivity index (χ2v) is 8.19. The predicted octanol–water partition coefficient (Wildman–Crippen LogP) is 4.22. The van der Waals surface area contributed by atoms with Gasteiger partial charge in [0.15, 0.2) is 11.0 Å². The quantitative estimate of drug-likeness (QED) is 0.344. The lowest BCUT2D eigenvalue weighted by Crippen LogP contribution is -2.11. The van der Waals surface area contributed by atoms with E-state index in [1.54, 1.807) is 29.8 Å². The molecule has 27 heavy (non-hydrogen) atoms. The number of nitrogens with one attached hydrogen (secondary N) is 1. The van der Waals surface area contributed by atoms with E-state index in [1.807, 2.05) is 47.2 Å². The second-order valence-electron chi connectivity index (χ2n) is 5.44. The highest BCUT2D eigenvalue weighted by Gasteiger charge is 2.13. The Labute approximate surface area is 168 Å². The Bertz CT molecular complexity index is 1010. The molecule has 138 valence electrons. The van der Waals surface area contributed by atoms with Gasteiger partial charge in [0.2, 0.25) is 5.16 Å². The van der Waals surface area contributed by atoms with Gasteiger partial charge in [-0.05, 0) is 35.7 Å². The zero-order valence-electron chi connectivity index (χ0n) is 14.3. The number of thiazole rings is 1. The number of nitrogen functional groups attached to an aromatic ring is 1. The average molecular weight is 417 g/mol. The van der Waals surface area contributed by atoms with Crippen LogP contribution in [0.5, 0.6) is 5.75 Å². The number of anilines is 2. The molecule has 0 spiro atoms. The molecular weight excluding hydrogens is 400 g/mol. The summed E-state index contributed by atoms with van der Waals surface area (Å²) in [5, 5.41) is 17.2. The fourth-order valence-corrected chi connectivity index (χ4v) is 4.61. The van der Waals surface area contributed by atoms with Crippen LogP contribution in [-0.2, 0) is 5.75 Å². The molecular formula is C17H16N6OS3. The Balaban J connectivity index is 1.38. The molecule has 1 aromatic carbocycles. The van der Waals surface area contributed by atoms with E-state index in [0.29, 0.717) is 16.7 Å². The molecule has 0 aliphatic heterocycles. The maximum Gasteiger partial charge on any atom is 0.210 e. The Morgan fingerprint density at radius 1 is 1.19 bits per heavy atom. The van der Waals surface area contributed by atoms with Crippen LogP contribution >= 0.6 is 34.4 Å². The second kappa shape index (κ2) is 7.99. The van der Waals surface area contributed by atoms with E-state index in [0.717, 1.165) is 27.1 Å². The largest absolute Gasteiger partial charge is 0.497 e. The van der Waals surface area contributed by atoms with E-state index in [1.165, 1.54) is 16.4 Å². The summed E-state index contributed by atoms with van der Waals surface area (Å²) in [7, 11) is 1.65. The third-order valence-corrected chi connectivity index (χ3v) is 6.30. The van der Waals surface area contributed by atoms with E-state index in [-0.39, 0.29) is 0 Å². The van der Waals surface area contributed by atoms with Crippen molar-refractivity contribution >= 4 is 45.3 Å². The molecule has 0 radical (unpaired) electrons. The van der Waals surface area contributed by atoms with Gasteiger partial charge in [0, 0.05) is 16.8 Å². The molecule has 3 aromatic heterocycles. The first-order chi connectivity index (χ1) is 13.2. The molecule has 4 aromatic rings. The van der Waals surface area contributed by atoms with Crippen molar-refractivity contribution < 1.29 is 4.74 Å². The molecule has 0 aliphatic carbocycles. The predicted molar refractivity (Wildman–Crippen MR) is 111 cm³/mol. The molecule has 0 fully saturated rings. The number of hydrogen-bond acceptors (Lipinski definition) is 9. The van der Waals surface area contributed by atoms with Crippen molar-refractivity contribution in [3.63, 3.8) is 0 Å². The van der Waals surface area contributed by atoms with Crippen LogP contribution in [-0.4, -0.2) is 27.0 Å². The topological polar surface area (TPSA) is 90.9 Å². The van der Waals surface area contributed by atoms with Gasteiger partial charge in [-0.15, -0.1) is 32.9 Å². The number of rotatable bonds is 7. The van der Waals surface area contributed by atoms with Gasteiger partial charge in [0.05, 0.1) is 17.7 Å². The summed E-state index contributed by atoms with van der Waals surface area (Å²) in [6.07, 6.45) is 0. The number of methoxy groups -OCH3 is 1. The number of thioether (sulfide) groups is 1. The molecule has 0 saturated carbocycles. The number of hydrogen-bond donors (Lipinski definition) is 2. The van der Waals surface area contributed by atoms with Gasteiger partial charge < -0.3 is 15.9 Å². The Kier molecular flexibility index (Phi) is 5.28. The number of aromatic nitrogens is 4. The molecule has 0 aliphatic rings. The minimum Gasteiger partial charge on any atom is -0.497 e. The normalized spacial score (nSPS) is 10.9. The molecule has 3 N–H and O–H groups in total. The highest BCUT2D eigenvalue weighted by molar-refractivity contribution is 7.98. The van der Waals surface area contributed by atoms with Gasteiger partial charge >= 0.3 is 0 Å². The maximum atomic E-state index is 6.13. The van der Waals surface area contributed by atoms with Crippen molar-refractivity contribution in [1.29, 1.82) is 0 Å². The zero-order valence-corrected chi connectivity index (χ0v) is 16.8. The first kappa shape index (κ1) is 17.8. The Morgan fingerprint density at radius 2 is 2.04 bits per heavy atom. The summed E-state index contributed by atoms with van der Waals surface area (Å²) in [6.45, 7) is 0. The minimum absolute atomic E-state index is 0.663. The molecule has 0 bridgehead atoms. The summed E-state index contributed by atoms with van der Waals surface area (Å²) in [6, 6.07) is 11.7. The van der Waals surface area contributed by atoms with E-state index >= 15 is 0 Å². The van der Waals surface area contributed by atoms with Crippen molar-refractivity contribution in [3.05, 3.63) is 52.9 Å². The van der Waals surface area contributed by atoms with Crippen LogP contribution in [0.1, 0.15) is 5.69 Å². The lowest BCUT2D eigenvalue weighted by Gasteiger charge is -2.04. The number of benzene rings is 1. The summed E-state index contributed by atoms with van der Waals surface area (Å²) in [5.41, 5.74) is 1.92. The number of ether oxygens (including phenoxy) is 1. The van der Waals surface area contributed by atoms with Crippen molar-refractivity contribution in [2.75, 3.05) is 18.3 Å². The van der Waals surface area contributed by atoms with Crippen LogP contribution in [0.3, 0.4) is 0 Å². The van der Waals surface area contributed by atoms with Gasteiger partial charge in [-0.1, -0.05) is 17.8 Å². The van der Waals surface area contributed by atoms with E-state index in [9.17, 15) is 0 Å². The molecule has 0 unspecified atom stereocenters. The van der Waals surface area contributed by atoms with Crippen molar-refractivity contribution in [2.45, 2.75) is 10.9 Å². The third kappa shape index (κ3) is 4.07. The number of thiophene rings is 1. The third-order valence-electron chi connectivity index (χ3n) is 3.65. The van der Waals surface area contributed by atoms with Gasteiger partial charge in [-0.2, -0.15) is 0 Å². The summed E-state index contributed by atoms with van der Waals surface area (Å²) >= 11 is 4.65. The monoisotopic (exact) mass is 416 g/mol. The lowest BCUT2D eigenvalue weighted by molar-refractivity contribution is 0.415. The van der Waals surface area contributed by atoms with Crippen LogP contribution in [0.2, 0.25) is 0 Å². The smallest absolute Gasteiger partial charge is 0.210 e. The lowest BCUT2D eigenvalue weighted by atomic mass is 10.3. The summed E-state index contributed by atoms with van der Waals surface area (Å²) < 4.78 is 6.69. The van der Waals surface area contributed by atoms with E-state index in [4.69, 9.17) is 10.6 Å². The standard InChI is InChI=1S/C17H16N6OS3/c1-24-13-6-4-11(5-7-13)19-16-20-12(9-26-16)10-27-17-22-21-15(23(17)18)14-3-2-8-25-14/h2-9H,10,18H2,1H3,(H,19,20). The molecule has 0 amide bonds. The van der Waals surface area contributed by atoms with Gasteiger partial charge in [0.1, 0.15) is 5.75 Å². The Morgan fingerprint density at radius 3 is 2.78 bits per heavy atom. The van der Waals surface area contributed by atoms with Crippen molar-refractivity contribution in [3.8, 4) is 16.5 Å². The SMILES string of the molecule is COc1ccc(Nc2nc(CSc3nnc(-c4cccs4)n3N)cs2)cc1. The number of nitrogens with two attached hydrogens (primary N) is 1. The van der Waals surface area contributed by atoms with Crippen molar-refractivity contribution in [2.24, 2.45) is 0 Å². The Hall–Kier alpha value is -2.56. The highest BCUT2D eigenvalue weighted by Crippen LogP contribution is 2.28. The first-order valence-electron chi connectivity index (χ1n) is 7.95. The molecule has 7 nitrogen and oxygen atoms in total. The maximum absolute atomic E-state index is 6.13. The molecule has 0 saturated heterocycles. The van der Waals surface area contributed by atoms with Crippen LogP contribution in [0.25, 0.3) is 10.7 Å². The van der Waals surface area contributed by atoms with Crippen molar-refractivity contribution in [1.82, 2.24) is 19.9 Å². The fraction of sp³-hybridized carbons (Fsp3) is 0.118. The fourth-order valence-electron chi connectivity index (χ4n) is 2.32. The first-order valence-corrected chi connectivity index (χ1v) is 10.7. The molecule has 4 rings (SSSR count). The van der Waals surface area contributed by atoms with Crippen LogP contribution < -0.4 is 15.9 Å². The molecule has 10 heteroatoms. The zero-order chi connectivity index (χ0) is 18.6. The summed E-state index contributed by atoms with van der Waals surface area (Å²) in [5.74, 6) is 8.29. The summed E-state index contributed by atoms with van der Waals surface area (Å²) in [4.78, 5) is 5.61. The van der Waals surface area contributed by atoms with Gasteiger partial charge in [0.25, 0.3) is 0 Å². The van der Waals surface area contributed by atoms with Crippen LogP contribution in [0.4, 0.5) is 10.8 Å². The van der Waals surface area contributed by atoms with Crippen LogP contribution in [0, 0.1) is 0 Å². The van der Waals surface area contributed by atoms with Crippen LogP contribution in [0.15, 0.2) is 52.3 Å².